The van der Waals surface area contributed by atoms with Gasteiger partial charge in [-0.15, -0.1) is 0 Å². The van der Waals surface area contributed by atoms with Crippen molar-refractivity contribution < 1.29 is 12.8 Å². The fourth-order valence-corrected chi connectivity index (χ4v) is 7.15. The first-order chi connectivity index (χ1) is 15.7. The number of halogens is 1. The predicted octanol–water partition coefficient (Wildman–Crippen LogP) is 3.31. The number of anilines is 2. The van der Waals surface area contributed by atoms with Crippen LogP contribution in [0, 0.1) is 17.1 Å². The summed E-state index contributed by atoms with van der Waals surface area (Å²) in [6.07, 6.45) is 4.72. The highest BCUT2D eigenvalue weighted by Gasteiger charge is 2.58. The molecule has 1 atom stereocenters. The average Bonchev–Trinajstić information content (AvgIpc) is 2.72. The Morgan fingerprint density at radius 3 is 2.67 bits per heavy atom. The van der Waals surface area contributed by atoms with Crippen LogP contribution in [0.25, 0.3) is 10.9 Å². The Morgan fingerprint density at radius 1 is 1.21 bits per heavy atom. The van der Waals surface area contributed by atoms with Crippen LogP contribution in [-0.4, -0.2) is 34.7 Å². The summed E-state index contributed by atoms with van der Waals surface area (Å²) in [6.45, 7) is 1.59. The Hall–Kier alpha value is -3.58. The van der Waals surface area contributed by atoms with E-state index >= 15 is 0 Å². The van der Waals surface area contributed by atoms with Gasteiger partial charge in [0, 0.05) is 29.0 Å². The van der Waals surface area contributed by atoms with Crippen molar-refractivity contribution >= 4 is 38.1 Å². The smallest absolute Gasteiger partial charge is 0.165 e. The molecule has 2 aliphatic rings. The summed E-state index contributed by atoms with van der Waals surface area (Å²) in [5, 5.41) is 12.9. The second-order valence-corrected chi connectivity index (χ2v) is 11.1. The van der Waals surface area contributed by atoms with Gasteiger partial charge in [-0.2, -0.15) is 5.26 Å². The van der Waals surface area contributed by atoms with Crippen LogP contribution in [0.2, 0.25) is 0 Å². The molecule has 5 rings (SSSR count). The normalized spacial score (nSPS) is 22.9. The molecule has 0 amide bonds. The van der Waals surface area contributed by atoms with E-state index in [1.54, 1.807) is 25.3 Å². The molecule has 1 aromatic carbocycles. The minimum atomic E-state index is -3.61. The molecule has 8 nitrogen and oxygen atoms in total. The molecule has 3 heterocycles. The number of nitrogens with two attached hydrogens (primary N) is 1. The number of hydrogen-bond donors (Lipinski definition) is 2. The van der Waals surface area contributed by atoms with Gasteiger partial charge in [-0.1, -0.05) is 0 Å². The molecule has 1 saturated carbocycles. The first-order valence-electron chi connectivity index (χ1n) is 10.5. The number of nitrogens with one attached hydrogen (secondary N) is 1. The Bertz CT molecular complexity index is 1480. The monoisotopic (exact) mass is 464 g/mol. The SMILES string of the molecule is CC1(c2cc(Nc3nccc4cc(C#N)cnc34)ccc2F)CS(=O)(=O)C2(CCC2)C(N)=N1. The molecule has 3 aromatic rings. The van der Waals surface area contributed by atoms with Crippen molar-refractivity contribution in [2.75, 3.05) is 11.1 Å². The molecule has 0 saturated heterocycles. The van der Waals surface area contributed by atoms with Crippen LogP contribution in [0.3, 0.4) is 0 Å². The van der Waals surface area contributed by atoms with E-state index in [0.29, 0.717) is 35.4 Å². The van der Waals surface area contributed by atoms with E-state index in [4.69, 9.17) is 11.0 Å². The third-order valence-corrected chi connectivity index (χ3v) is 9.35. The molecule has 0 radical (unpaired) electrons. The number of nitrogens with zero attached hydrogens (tertiary/aromatic N) is 4. The molecule has 0 bridgehead atoms. The molecule has 168 valence electrons. The summed E-state index contributed by atoms with van der Waals surface area (Å²) in [7, 11) is -3.61. The molecule has 1 fully saturated rings. The molecule has 33 heavy (non-hydrogen) atoms. The summed E-state index contributed by atoms with van der Waals surface area (Å²) in [5.41, 5.74) is 6.40. The van der Waals surface area contributed by atoms with Crippen molar-refractivity contribution in [2.45, 2.75) is 36.5 Å². The Labute approximate surface area is 190 Å². The fourth-order valence-electron chi connectivity index (χ4n) is 4.64. The number of hydrogen-bond acceptors (Lipinski definition) is 8. The van der Waals surface area contributed by atoms with Crippen LogP contribution in [0.4, 0.5) is 15.9 Å². The molecule has 2 aromatic heterocycles. The fraction of sp³-hybridized carbons (Fsp3) is 0.304. The molecule has 3 N–H and O–H groups in total. The van der Waals surface area contributed by atoms with Crippen LogP contribution in [0.1, 0.15) is 37.3 Å². The minimum Gasteiger partial charge on any atom is -0.386 e. The highest BCUT2D eigenvalue weighted by molar-refractivity contribution is 7.93. The third-order valence-electron chi connectivity index (χ3n) is 6.60. The summed E-state index contributed by atoms with van der Waals surface area (Å²) < 4.78 is 40.1. The van der Waals surface area contributed by atoms with Gasteiger partial charge in [0.25, 0.3) is 0 Å². The van der Waals surface area contributed by atoms with E-state index in [1.807, 2.05) is 0 Å². The van der Waals surface area contributed by atoms with Crippen LogP contribution >= 0.6 is 0 Å². The lowest BCUT2D eigenvalue weighted by molar-refractivity contribution is 0.388. The molecule has 1 unspecified atom stereocenters. The zero-order chi connectivity index (χ0) is 23.4. The number of benzene rings is 1. The zero-order valence-electron chi connectivity index (χ0n) is 17.8. The number of aromatic nitrogens is 2. The second-order valence-electron chi connectivity index (χ2n) is 8.76. The lowest BCUT2D eigenvalue weighted by Gasteiger charge is -2.46. The van der Waals surface area contributed by atoms with Crippen LogP contribution in [0.5, 0.6) is 0 Å². The maximum Gasteiger partial charge on any atom is 0.165 e. The van der Waals surface area contributed by atoms with Gasteiger partial charge in [0.05, 0.1) is 11.3 Å². The van der Waals surface area contributed by atoms with Crippen molar-refractivity contribution in [3.05, 3.63) is 59.7 Å². The summed E-state index contributed by atoms with van der Waals surface area (Å²) in [4.78, 5) is 13.2. The van der Waals surface area contributed by atoms with E-state index in [9.17, 15) is 12.8 Å². The van der Waals surface area contributed by atoms with Crippen molar-refractivity contribution in [2.24, 2.45) is 10.7 Å². The summed E-state index contributed by atoms with van der Waals surface area (Å²) in [6, 6.07) is 9.82. The highest BCUT2D eigenvalue weighted by atomic mass is 32.2. The summed E-state index contributed by atoms with van der Waals surface area (Å²) >= 11 is 0. The topological polar surface area (TPSA) is 134 Å². The van der Waals surface area contributed by atoms with Crippen LogP contribution in [-0.2, 0) is 15.4 Å². The van der Waals surface area contributed by atoms with E-state index in [2.05, 4.69) is 26.3 Å². The number of pyridine rings is 2. The number of rotatable bonds is 3. The molecule has 1 spiro atoms. The van der Waals surface area contributed by atoms with Gasteiger partial charge >= 0.3 is 0 Å². The number of fused-ring (bicyclic) bond motifs is 1. The molecule has 1 aliphatic carbocycles. The Balaban J connectivity index is 1.55. The second kappa shape index (κ2) is 7.22. The van der Waals surface area contributed by atoms with Crippen LogP contribution in [0.15, 0.2) is 47.7 Å². The van der Waals surface area contributed by atoms with Crippen molar-refractivity contribution in [3.63, 3.8) is 0 Å². The Kier molecular flexibility index (Phi) is 4.65. The molecular weight excluding hydrogens is 443 g/mol. The van der Waals surface area contributed by atoms with Gasteiger partial charge in [0.2, 0.25) is 0 Å². The van der Waals surface area contributed by atoms with Gasteiger partial charge in [-0.05, 0) is 56.5 Å². The zero-order valence-corrected chi connectivity index (χ0v) is 18.7. The van der Waals surface area contributed by atoms with E-state index in [0.717, 1.165) is 11.8 Å². The third kappa shape index (κ3) is 3.23. The predicted molar refractivity (Wildman–Crippen MR) is 123 cm³/mol. The van der Waals surface area contributed by atoms with E-state index in [-0.39, 0.29) is 17.2 Å². The van der Waals surface area contributed by atoms with Crippen molar-refractivity contribution in [3.8, 4) is 6.07 Å². The van der Waals surface area contributed by atoms with Crippen molar-refractivity contribution in [1.82, 2.24) is 9.97 Å². The maximum atomic E-state index is 15.0. The number of nitriles is 1. The Morgan fingerprint density at radius 2 is 2.00 bits per heavy atom. The highest BCUT2D eigenvalue weighted by Crippen LogP contribution is 2.47. The van der Waals surface area contributed by atoms with Gasteiger partial charge in [0.15, 0.2) is 15.7 Å². The minimum absolute atomic E-state index is 0.0634. The molecule has 1 aliphatic heterocycles. The first-order valence-corrected chi connectivity index (χ1v) is 12.1. The van der Waals surface area contributed by atoms with Gasteiger partial charge in [0.1, 0.15) is 33.5 Å². The lowest BCUT2D eigenvalue weighted by atomic mass is 9.82. The van der Waals surface area contributed by atoms with Crippen molar-refractivity contribution in [1.29, 1.82) is 5.26 Å². The largest absolute Gasteiger partial charge is 0.386 e. The number of amidine groups is 1. The van der Waals surface area contributed by atoms with E-state index in [1.165, 1.54) is 24.4 Å². The van der Waals surface area contributed by atoms with Gasteiger partial charge in [-0.3, -0.25) is 9.98 Å². The van der Waals surface area contributed by atoms with Gasteiger partial charge in [-0.25, -0.2) is 17.8 Å². The van der Waals surface area contributed by atoms with Crippen LogP contribution < -0.4 is 11.1 Å². The van der Waals surface area contributed by atoms with Gasteiger partial charge < -0.3 is 11.1 Å². The molecule has 10 heteroatoms. The number of aliphatic imine (C=N–C) groups is 1. The lowest BCUT2D eigenvalue weighted by Crippen LogP contribution is -2.61. The van der Waals surface area contributed by atoms with E-state index < -0.39 is 25.9 Å². The molecular formula is C23H21FN6O2S. The average molecular weight is 465 g/mol. The first kappa shape index (κ1) is 21.3. The summed E-state index contributed by atoms with van der Waals surface area (Å²) in [5.74, 6) is -0.394. The number of sulfone groups is 1. The standard InChI is InChI=1S/C23H21FN6O2S/c1-22(13-33(31,32)23(6-2-7-23)21(26)30-22)17-10-16(3-4-18(17)24)29-20-19-15(5-8-27-20)9-14(11-25)12-28-19/h3-5,8-10,12H,2,6-7,13H2,1H3,(H2,26,30)(H,27,29). The maximum absolute atomic E-state index is 15.0. The quantitative estimate of drug-likeness (QED) is 0.607.